The van der Waals surface area contributed by atoms with Gasteiger partial charge in [-0.2, -0.15) is 5.10 Å². The number of aliphatic imine (C=N–C) groups is 1. The zero-order valence-corrected chi connectivity index (χ0v) is 16.3. The van der Waals surface area contributed by atoms with Gasteiger partial charge in [0, 0.05) is 36.9 Å². The molecule has 0 atom stereocenters. The van der Waals surface area contributed by atoms with Gasteiger partial charge in [-0.15, -0.1) is 24.0 Å². The molecule has 0 spiro atoms. The summed E-state index contributed by atoms with van der Waals surface area (Å²) in [7, 11) is 0. The fourth-order valence-corrected chi connectivity index (χ4v) is 2.69. The number of nitrogens with zero attached hydrogens (tertiary/aromatic N) is 6. The molecule has 24 heavy (non-hydrogen) atoms. The maximum absolute atomic E-state index is 6.09. The zero-order chi connectivity index (χ0) is 16.1. The van der Waals surface area contributed by atoms with E-state index in [1.807, 2.05) is 24.3 Å². The molecule has 1 aromatic carbocycles. The number of guanidine groups is 1. The minimum atomic E-state index is 0. The van der Waals surface area contributed by atoms with Crippen molar-refractivity contribution in [1.82, 2.24) is 19.7 Å². The lowest BCUT2D eigenvalue weighted by molar-refractivity contribution is 0.380. The summed E-state index contributed by atoms with van der Waals surface area (Å²) in [4.78, 5) is 12.8. The minimum absolute atomic E-state index is 0. The summed E-state index contributed by atoms with van der Waals surface area (Å²) in [5, 5.41) is 4.80. The largest absolute Gasteiger partial charge is 0.370 e. The molecule has 1 aromatic heterocycles. The van der Waals surface area contributed by atoms with E-state index in [0.29, 0.717) is 19.0 Å². The topological polar surface area (TPSA) is 75.6 Å². The fourth-order valence-electron chi connectivity index (χ4n) is 2.56. The number of rotatable bonds is 4. The summed E-state index contributed by atoms with van der Waals surface area (Å²) in [5.74, 6) is 0.598. The van der Waals surface area contributed by atoms with Gasteiger partial charge in [0.05, 0.1) is 13.1 Å². The van der Waals surface area contributed by atoms with Crippen LogP contribution in [0, 0.1) is 0 Å². The van der Waals surface area contributed by atoms with E-state index in [0.717, 1.165) is 31.2 Å². The van der Waals surface area contributed by atoms with Crippen LogP contribution in [0.25, 0.3) is 0 Å². The van der Waals surface area contributed by atoms with Gasteiger partial charge in [0.25, 0.3) is 0 Å². The minimum Gasteiger partial charge on any atom is -0.370 e. The molecule has 2 N–H and O–H groups in total. The third kappa shape index (κ3) is 4.97. The molecule has 130 valence electrons. The smallest absolute Gasteiger partial charge is 0.191 e. The van der Waals surface area contributed by atoms with Crippen molar-refractivity contribution >= 4 is 47.2 Å². The molecule has 1 saturated heterocycles. The van der Waals surface area contributed by atoms with Crippen molar-refractivity contribution in [2.75, 3.05) is 37.6 Å². The quantitative estimate of drug-likeness (QED) is 0.426. The summed E-state index contributed by atoms with van der Waals surface area (Å²) >= 11 is 5.93. The van der Waals surface area contributed by atoms with Gasteiger partial charge >= 0.3 is 0 Å². The Bertz CT molecular complexity index is 636. The van der Waals surface area contributed by atoms with E-state index in [1.54, 1.807) is 11.0 Å². The molecule has 1 aliphatic heterocycles. The Hall–Kier alpha value is -1.55. The molecule has 0 bridgehead atoms. The Labute approximate surface area is 163 Å². The van der Waals surface area contributed by atoms with Gasteiger partial charge < -0.3 is 15.5 Å². The van der Waals surface area contributed by atoms with E-state index >= 15 is 0 Å². The molecule has 0 aliphatic carbocycles. The highest BCUT2D eigenvalue weighted by Gasteiger charge is 2.18. The highest BCUT2D eigenvalue weighted by atomic mass is 127. The summed E-state index contributed by atoms with van der Waals surface area (Å²) in [6.07, 6.45) is 3.19. The van der Waals surface area contributed by atoms with E-state index in [1.165, 1.54) is 12.0 Å². The van der Waals surface area contributed by atoms with Gasteiger partial charge in [0.2, 0.25) is 0 Å². The molecule has 0 amide bonds. The molecular formula is C15H21ClIN7. The number of hydrogen-bond donors (Lipinski definition) is 1. The van der Waals surface area contributed by atoms with Gasteiger partial charge in [-0.25, -0.2) is 4.98 Å². The third-order valence-corrected chi connectivity index (χ3v) is 4.12. The summed E-state index contributed by atoms with van der Waals surface area (Å²) in [6, 6.07) is 7.94. The molecule has 7 nitrogen and oxygen atoms in total. The number of halogens is 2. The van der Waals surface area contributed by atoms with Crippen LogP contribution >= 0.6 is 35.6 Å². The highest BCUT2D eigenvalue weighted by Crippen LogP contribution is 2.19. The zero-order valence-electron chi connectivity index (χ0n) is 13.3. The van der Waals surface area contributed by atoms with E-state index in [2.05, 4.69) is 24.9 Å². The Balaban J connectivity index is 0.00000208. The number of hydrogen-bond acceptors (Lipinski definition) is 4. The van der Waals surface area contributed by atoms with Crippen molar-refractivity contribution < 1.29 is 0 Å². The predicted molar refractivity (Wildman–Crippen MR) is 107 cm³/mol. The van der Waals surface area contributed by atoms with E-state index in [9.17, 15) is 0 Å². The monoisotopic (exact) mass is 461 g/mol. The molecule has 1 fully saturated rings. The molecule has 1 aliphatic rings. The van der Waals surface area contributed by atoms with Crippen molar-refractivity contribution in [3.8, 4) is 0 Å². The van der Waals surface area contributed by atoms with Crippen molar-refractivity contribution in [3.63, 3.8) is 0 Å². The van der Waals surface area contributed by atoms with Crippen LogP contribution in [0.5, 0.6) is 0 Å². The van der Waals surface area contributed by atoms with Gasteiger partial charge in [0.15, 0.2) is 5.96 Å². The second-order valence-corrected chi connectivity index (χ2v) is 5.79. The van der Waals surface area contributed by atoms with Crippen molar-refractivity contribution in [1.29, 1.82) is 0 Å². The van der Waals surface area contributed by atoms with Crippen LogP contribution < -0.4 is 10.6 Å². The molecule has 0 radical (unpaired) electrons. The molecule has 2 aromatic rings. The average Bonchev–Trinajstić information content (AvgIpc) is 3.09. The molecule has 3 rings (SSSR count). The molecular weight excluding hydrogens is 441 g/mol. The van der Waals surface area contributed by atoms with E-state index in [4.69, 9.17) is 17.3 Å². The normalized spacial score (nSPS) is 15.3. The lowest BCUT2D eigenvalue weighted by Crippen LogP contribution is -2.51. The Morgan fingerprint density at radius 2 is 1.88 bits per heavy atom. The lowest BCUT2D eigenvalue weighted by Gasteiger charge is -2.36. The van der Waals surface area contributed by atoms with E-state index in [-0.39, 0.29) is 24.0 Å². The Morgan fingerprint density at radius 3 is 2.50 bits per heavy atom. The fraction of sp³-hybridized carbons (Fsp3) is 0.400. The Kier molecular flexibility index (Phi) is 7.10. The molecule has 0 saturated carbocycles. The maximum Gasteiger partial charge on any atom is 0.191 e. The SMILES string of the molecule is I.NC(=NCCn1cncn1)N1CCN(c2ccc(Cl)cc2)CC1. The van der Waals surface area contributed by atoms with Crippen LogP contribution in [0.2, 0.25) is 5.02 Å². The Morgan fingerprint density at radius 1 is 1.17 bits per heavy atom. The first-order valence-corrected chi connectivity index (χ1v) is 7.98. The van der Waals surface area contributed by atoms with Crippen molar-refractivity contribution in [3.05, 3.63) is 41.9 Å². The van der Waals surface area contributed by atoms with Crippen molar-refractivity contribution in [2.45, 2.75) is 6.54 Å². The molecule has 9 heteroatoms. The van der Waals surface area contributed by atoms with Gasteiger partial charge in [-0.05, 0) is 24.3 Å². The summed E-state index contributed by atoms with van der Waals surface area (Å²) in [6.45, 7) is 4.85. The second-order valence-electron chi connectivity index (χ2n) is 5.35. The number of benzene rings is 1. The van der Waals surface area contributed by atoms with Crippen LogP contribution in [0.1, 0.15) is 0 Å². The van der Waals surface area contributed by atoms with Crippen LogP contribution in [-0.2, 0) is 6.54 Å². The van der Waals surface area contributed by atoms with Crippen molar-refractivity contribution in [2.24, 2.45) is 10.7 Å². The predicted octanol–water partition coefficient (Wildman–Crippen LogP) is 1.69. The molecule has 2 heterocycles. The number of piperazine rings is 1. The molecule has 0 unspecified atom stereocenters. The summed E-state index contributed by atoms with van der Waals surface area (Å²) < 4.78 is 1.75. The number of aromatic nitrogens is 3. The van der Waals surface area contributed by atoms with E-state index < -0.39 is 0 Å². The van der Waals surface area contributed by atoms with Crippen LogP contribution in [0.15, 0.2) is 41.9 Å². The first-order valence-electron chi connectivity index (χ1n) is 7.60. The first-order chi connectivity index (χ1) is 11.2. The van der Waals surface area contributed by atoms with Gasteiger partial charge in [0.1, 0.15) is 12.7 Å². The number of nitrogens with two attached hydrogens (primary N) is 1. The van der Waals surface area contributed by atoms with Crippen LogP contribution in [0.3, 0.4) is 0 Å². The van der Waals surface area contributed by atoms with Crippen LogP contribution in [0.4, 0.5) is 5.69 Å². The first kappa shape index (κ1) is 18.8. The maximum atomic E-state index is 6.09. The van der Waals surface area contributed by atoms with Crippen LogP contribution in [-0.4, -0.2) is 58.3 Å². The highest BCUT2D eigenvalue weighted by molar-refractivity contribution is 14.0. The van der Waals surface area contributed by atoms with Gasteiger partial charge in [-0.3, -0.25) is 9.67 Å². The van der Waals surface area contributed by atoms with Gasteiger partial charge in [-0.1, -0.05) is 11.6 Å². The number of anilines is 1. The standard InChI is InChI=1S/C15H20ClN7.HI/c16-13-1-3-14(4-2-13)21-7-9-22(10-8-21)15(17)19-5-6-23-12-18-11-20-23;/h1-4,11-12H,5-10H2,(H2,17,19);1H. The lowest BCUT2D eigenvalue weighted by atomic mass is 10.2. The third-order valence-electron chi connectivity index (χ3n) is 3.86. The second kappa shape index (κ2) is 9.07. The summed E-state index contributed by atoms with van der Waals surface area (Å²) in [5.41, 5.74) is 7.28. The average molecular weight is 462 g/mol.